The number of nitrogens with one attached hydrogen (secondary N) is 1. The highest BCUT2D eigenvalue weighted by atomic mass is 16.6. The average molecular weight is 225 g/mol. The number of ether oxygens (including phenoxy) is 1. The van der Waals surface area contributed by atoms with Crippen LogP contribution in [-0.4, -0.2) is 28.9 Å². The molecule has 0 aromatic carbocycles. The molecule has 4 fully saturated rings. The molecule has 4 aliphatic rings. The first-order valence-electron chi connectivity index (χ1n) is 6.06. The molecule has 4 rings (SSSR count). The van der Waals surface area contributed by atoms with Crippen LogP contribution in [0.15, 0.2) is 0 Å². The molecule has 0 unspecified atom stereocenters. The number of aliphatic hydroxyl groups excluding tert-OH is 1. The van der Waals surface area contributed by atoms with E-state index in [1.165, 1.54) is 0 Å². The number of amides is 1. The molecule has 2 N–H and O–H groups in total. The summed E-state index contributed by atoms with van der Waals surface area (Å²) >= 11 is 0. The van der Waals surface area contributed by atoms with E-state index in [1.807, 2.05) is 20.8 Å². The maximum Gasteiger partial charge on any atom is 0.407 e. The summed E-state index contributed by atoms with van der Waals surface area (Å²) in [7, 11) is 0. The van der Waals surface area contributed by atoms with Gasteiger partial charge in [0, 0.05) is 12.0 Å². The molecule has 4 bridgehead atoms. The van der Waals surface area contributed by atoms with E-state index in [0.29, 0.717) is 17.8 Å². The molecule has 0 aliphatic heterocycles. The SMILES string of the molecule is CC(C)(C)OC(=O)N[C@H]1[C@H]2C[C@H]3[C@@H]([C@H]2O)[C@H]31. The number of carbonyl (C=O) groups is 1. The highest BCUT2D eigenvalue weighted by Crippen LogP contribution is 2.70. The Bertz CT molecular complexity index is 336. The molecule has 0 spiro atoms. The highest BCUT2D eigenvalue weighted by Gasteiger charge is 2.73. The maximum absolute atomic E-state index is 11.6. The smallest absolute Gasteiger partial charge is 0.407 e. The van der Waals surface area contributed by atoms with Crippen LogP contribution < -0.4 is 5.32 Å². The van der Waals surface area contributed by atoms with Crippen LogP contribution >= 0.6 is 0 Å². The molecule has 4 saturated carbocycles. The van der Waals surface area contributed by atoms with Crippen LogP contribution in [0, 0.1) is 23.7 Å². The Morgan fingerprint density at radius 3 is 2.38 bits per heavy atom. The van der Waals surface area contributed by atoms with E-state index in [9.17, 15) is 9.90 Å². The van der Waals surface area contributed by atoms with Crippen LogP contribution in [0.2, 0.25) is 0 Å². The van der Waals surface area contributed by atoms with Crippen LogP contribution in [0.4, 0.5) is 4.79 Å². The van der Waals surface area contributed by atoms with Gasteiger partial charge in [-0.15, -0.1) is 0 Å². The third-order valence-electron chi connectivity index (χ3n) is 4.23. The third kappa shape index (κ3) is 1.35. The van der Waals surface area contributed by atoms with E-state index in [4.69, 9.17) is 4.74 Å². The summed E-state index contributed by atoms with van der Waals surface area (Å²) in [6.45, 7) is 5.57. The molecular formula is C12H19NO3. The zero-order valence-corrected chi connectivity index (χ0v) is 9.93. The molecule has 6 atom stereocenters. The van der Waals surface area contributed by atoms with Crippen molar-refractivity contribution < 1.29 is 14.6 Å². The average Bonchev–Trinajstić information content (AvgIpc) is 2.43. The number of hydrogen-bond donors (Lipinski definition) is 2. The Hall–Kier alpha value is -0.770. The second-order valence-electron chi connectivity index (χ2n) is 6.38. The topological polar surface area (TPSA) is 58.6 Å². The van der Waals surface area contributed by atoms with Crippen molar-refractivity contribution in [3.05, 3.63) is 0 Å². The minimum Gasteiger partial charge on any atom is -0.444 e. The number of alkyl carbamates (subject to hydrolysis) is 1. The van der Waals surface area contributed by atoms with Crippen LogP contribution in [0.25, 0.3) is 0 Å². The lowest BCUT2D eigenvalue weighted by molar-refractivity contribution is 0.0476. The zero-order chi connectivity index (χ0) is 11.7. The molecular weight excluding hydrogens is 206 g/mol. The van der Waals surface area contributed by atoms with Gasteiger partial charge in [0.05, 0.1) is 6.10 Å². The van der Waals surface area contributed by atoms with Gasteiger partial charge >= 0.3 is 6.09 Å². The second-order valence-corrected chi connectivity index (χ2v) is 6.38. The lowest BCUT2D eigenvalue weighted by Crippen LogP contribution is -2.42. The van der Waals surface area contributed by atoms with Gasteiger partial charge in [0.1, 0.15) is 5.60 Å². The first-order chi connectivity index (χ1) is 7.38. The van der Waals surface area contributed by atoms with Gasteiger partial charge in [0.25, 0.3) is 0 Å². The van der Waals surface area contributed by atoms with Gasteiger partial charge < -0.3 is 15.2 Å². The van der Waals surface area contributed by atoms with Crippen molar-refractivity contribution in [2.24, 2.45) is 23.7 Å². The molecule has 90 valence electrons. The minimum absolute atomic E-state index is 0.153. The molecule has 0 aromatic rings. The monoisotopic (exact) mass is 225 g/mol. The molecule has 4 nitrogen and oxygen atoms in total. The van der Waals surface area contributed by atoms with Gasteiger partial charge in [-0.2, -0.15) is 0 Å². The molecule has 16 heavy (non-hydrogen) atoms. The normalized spacial score (nSPS) is 48.0. The summed E-state index contributed by atoms with van der Waals surface area (Å²) in [6.07, 6.45) is 0.551. The predicted octanol–water partition coefficient (Wildman–Crippen LogP) is 1.14. The van der Waals surface area contributed by atoms with Crippen molar-refractivity contribution in [2.45, 2.75) is 44.9 Å². The summed E-state index contributed by atoms with van der Waals surface area (Å²) in [5.74, 6) is 1.92. The standard InChI is InChI=1S/C12H19NO3/c1-12(2,3)16-11(15)13-9-6-4-5-7(9)8(5)10(6)14/h5-10,14H,4H2,1-3H3,(H,13,15)/t5-,6-,7+,8-,9+,10+/m1/s1. The Balaban J connectivity index is 1.59. The largest absolute Gasteiger partial charge is 0.444 e. The fourth-order valence-corrected chi connectivity index (χ4v) is 3.76. The maximum atomic E-state index is 11.6. The van der Waals surface area contributed by atoms with Gasteiger partial charge in [-0.25, -0.2) is 4.79 Å². The van der Waals surface area contributed by atoms with E-state index >= 15 is 0 Å². The Morgan fingerprint density at radius 1 is 1.31 bits per heavy atom. The fraction of sp³-hybridized carbons (Fsp3) is 0.917. The Labute approximate surface area is 95.4 Å². The van der Waals surface area contributed by atoms with Crippen LogP contribution in [0.3, 0.4) is 0 Å². The predicted molar refractivity (Wildman–Crippen MR) is 57.7 cm³/mol. The van der Waals surface area contributed by atoms with Gasteiger partial charge in [-0.1, -0.05) is 0 Å². The molecule has 0 aromatic heterocycles. The van der Waals surface area contributed by atoms with E-state index < -0.39 is 5.60 Å². The van der Waals surface area contributed by atoms with Gasteiger partial charge in [0.15, 0.2) is 0 Å². The molecule has 4 heteroatoms. The molecule has 0 heterocycles. The molecule has 4 aliphatic carbocycles. The summed E-state index contributed by atoms with van der Waals surface area (Å²) in [4.78, 5) is 11.6. The summed E-state index contributed by atoms with van der Waals surface area (Å²) in [6, 6.07) is 0.153. The van der Waals surface area contributed by atoms with Crippen molar-refractivity contribution in [3.8, 4) is 0 Å². The number of aliphatic hydroxyl groups is 1. The fourth-order valence-electron chi connectivity index (χ4n) is 3.76. The zero-order valence-electron chi connectivity index (χ0n) is 9.93. The lowest BCUT2D eigenvalue weighted by atomic mass is 10.1. The van der Waals surface area contributed by atoms with Crippen molar-refractivity contribution in [2.75, 3.05) is 0 Å². The Kier molecular flexibility index (Phi) is 1.89. The van der Waals surface area contributed by atoms with E-state index in [2.05, 4.69) is 5.32 Å². The first kappa shape index (κ1) is 10.4. The lowest BCUT2D eigenvalue weighted by Gasteiger charge is -2.23. The summed E-state index contributed by atoms with van der Waals surface area (Å²) < 4.78 is 5.24. The third-order valence-corrected chi connectivity index (χ3v) is 4.23. The van der Waals surface area contributed by atoms with Crippen LogP contribution in [-0.2, 0) is 4.74 Å². The second kappa shape index (κ2) is 2.92. The molecule has 1 amide bonds. The van der Waals surface area contributed by atoms with Gasteiger partial charge in [-0.05, 0) is 44.9 Å². The number of carbonyl (C=O) groups excluding carboxylic acids is 1. The van der Waals surface area contributed by atoms with Crippen LogP contribution in [0.5, 0.6) is 0 Å². The number of hydrogen-bond acceptors (Lipinski definition) is 3. The summed E-state index contributed by atoms with van der Waals surface area (Å²) in [5, 5.41) is 12.8. The Morgan fingerprint density at radius 2 is 2.00 bits per heavy atom. The van der Waals surface area contributed by atoms with Gasteiger partial charge in [-0.3, -0.25) is 0 Å². The summed E-state index contributed by atoms with van der Waals surface area (Å²) in [5.41, 5.74) is -0.451. The van der Waals surface area contributed by atoms with Crippen molar-refractivity contribution >= 4 is 6.09 Å². The van der Waals surface area contributed by atoms with E-state index in [1.54, 1.807) is 0 Å². The highest BCUT2D eigenvalue weighted by molar-refractivity contribution is 5.68. The van der Waals surface area contributed by atoms with Crippen molar-refractivity contribution in [3.63, 3.8) is 0 Å². The first-order valence-corrected chi connectivity index (χ1v) is 6.06. The minimum atomic E-state index is -0.451. The van der Waals surface area contributed by atoms with E-state index in [-0.39, 0.29) is 24.2 Å². The molecule has 0 saturated heterocycles. The molecule has 0 radical (unpaired) electrons. The van der Waals surface area contributed by atoms with Crippen molar-refractivity contribution in [1.82, 2.24) is 5.32 Å². The quantitative estimate of drug-likeness (QED) is 0.703. The van der Waals surface area contributed by atoms with Crippen molar-refractivity contribution in [1.29, 1.82) is 0 Å². The van der Waals surface area contributed by atoms with Gasteiger partial charge in [0.2, 0.25) is 0 Å². The van der Waals surface area contributed by atoms with E-state index in [0.717, 1.165) is 6.42 Å². The number of rotatable bonds is 1. The van der Waals surface area contributed by atoms with Crippen LogP contribution in [0.1, 0.15) is 27.2 Å².